The normalized spacial score (nSPS) is 58.7. The maximum absolute atomic E-state index is 10.3. The number of aliphatic hydroxyl groups is 1. The van der Waals surface area contributed by atoms with E-state index in [1.165, 1.54) is 51.4 Å². The van der Waals surface area contributed by atoms with Crippen LogP contribution in [0.2, 0.25) is 0 Å². The molecule has 2 aliphatic heterocycles. The van der Waals surface area contributed by atoms with Crippen LogP contribution in [0.5, 0.6) is 0 Å². The first kappa shape index (κ1) is 21.2. The van der Waals surface area contributed by atoms with Crippen LogP contribution in [0.3, 0.4) is 0 Å². The van der Waals surface area contributed by atoms with E-state index in [4.69, 9.17) is 9.47 Å². The van der Waals surface area contributed by atoms with Crippen molar-refractivity contribution in [3.8, 4) is 0 Å². The highest BCUT2D eigenvalue weighted by atomic mass is 16.7. The highest BCUT2D eigenvalue weighted by molar-refractivity contribution is 5.25. The third-order valence-corrected chi connectivity index (χ3v) is 11.6. The van der Waals surface area contributed by atoms with Gasteiger partial charge in [-0.1, -0.05) is 39.3 Å². The standard InChI is InChI=1S/C28H44O3/c1-17-9-14-28(30-16-17)18(2)25-24(31-28)8-7-22-21-6-5-19-15-20(29)10-12-26(19,3)23(21)11-13-27(22,25)4/h15,17-18,20-25,29H,5-14,16H2,1-4H3/t17-,18-,20-,21-,22-,23-,24-,25-,26-,27-,28+/m0/s1. The van der Waals surface area contributed by atoms with Crippen LogP contribution in [-0.4, -0.2) is 29.7 Å². The molecule has 174 valence electrons. The molecule has 2 heterocycles. The van der Waals surface area contributed by atoms with Gasteiger partial charge in [0, 0.05) is 12.3 Å². The lowest BCUT2D eigenvalue weighted by Crippen LogP contribution is -2.57. The first-order chi connectivity index (χ1) is 14.8. The molecule has 0 amide bonds. The fraction of sp³-hybridized carbons (Fsp3) is 0.929. The van der Waals surface area contributed by atoms with Gasteiger partial charge >= 0.3 is 0 Å². The zero-order chi connectivity index (χ0) is 21.6. The second-order valence-corrected chi connectivity index (χ2v) is 13.0. The molecule has 0 aromatic heterocycles. The molecule has 31 heavy (non-hydrogen) atoms. The minimum atomic E-state index is -0.301. The molecule has 3 nitrogen and oxygen atoms in total. The molecule has 3 saturated carbocycles. The van der Waals surface area contributed by atoms with Gasteiger partial charge in [0.25, 0.3) is 0 Å². The molecule has 1 N–H and O–H groups in total. The molecular weight excluding hydrogens is 384 g/mol. The lowest BCUT2D eigenvalue weighted by molar-refractivity contribution is -0.269. The summed E-state index contributed by atoms with van der Waals surface area (Å²) in [5, 5.41) is 10.3. The van der Waals surface area contributed by atoms with E-state index in [1.54, 1.807) is 5.57 Å². The van der Waals surface area contributed by atoms with Crippen molar-refractivity contribution in [3.63, 3.8) is 0 Å². The zero-order valence-corrected chi connectivity index (χ0v) is 20.2. The van der Waals surface area contributed by atoms with Crippen molar-refractivity contribution < 1.29 is 14.6 Å². The number of aliphatic hydroxyl groups excluding tert-OH is 1. The second-order valence-electron chi connectivity index (χ2n) is 13.0. The van der Waals surface area contributed by atoms with E-state index in [0.717, 1.165) is 37.2 Å². The van der Waals surface area contributed by atoms with Gasteiger partial charge in [0.2, 0.25) is 0 Å². The lowest BCUT2D eigenvalue weighted by Gasteiger charge is -2.63. The topological polar surface area (TPSA) is 38.7 Å². The molecule has 5 fully saturated rings. The van der Waals surface area contributed by atoms with Crippen LogP contribution in [0.15, 0.2) is 11.6 Å². The van der Waals surface area contributed by atoms with Crippen LogP contribution in [0.4, 0.5) is 0 Å². The monoisotopic (exact) mass is 428 g/mol. The lowest BCUT2D eigenvalue weighted by atomic mass is 9.42. The van der Waals surface area contributed by atoms with Gasteiger partial charge in [0.15, 0.2) is 5.79 Å². The highest BCUT2D eigenvalue weighted by Crippen LogP contribution is 2.69. The Bertz CT molecular complexity index is 751. The molecule has 0 radical (unpaired) electrons. The number of hydrogen-bond donors (Lipinski definition) is 1. The van der Waals surface area contributed by atoms with Crippen molar-refractivity contribution in [2.75, 3.05) is 6.61 Å². The number of allylic oxidation sites excluding steroid dienone is 1. The van der Waals surface area contributed by atoms with Crippen molar-refractivity contribution in [3.05, 3.63) is 11.6 Å². The fourth-order valence-electron chi connectivity index (χ4n) is 9.96. The highest BCUT2D eigenvalue weighted by Gasteiger charge is 2.66. The van der Waals surface area contributed by atoms with E-state index in [9.17, 15) is 5.11 Å². The third kappa shape index (κ3) is 2.88. The molecular formula is C28H44O3. The Hall–Kier alpha value is -0.380. The maximum atomic E-state index is 10.3. The predicted octanol–water partition coefficient (Wildman–Crippen LogP) is 6.10. The minimum absolute atomic E-state index is 0.199. The van der Waals surface area contributed by atoms with Crippen LogP contribution in [0.1, 0.15) is 91.9 Å². The zero-order valence-electron chi connectivity index (χ0n) is 20.2. The van der Waals surface area contributed by atoms with Gasteiger partial charge in [-0.3, -0.25) is 0 Å². The number of fused-ring (bicyclic) bond motifs is 7. The van der Waals surface area contributed by atoms with Crippen LogP contribution in [0, 0.1) is 46.3 Å². The smallest absolute Gasteiger partial charge is 0.171 e. The van der Waals surface area contributed by atoms with E-state index in [-0.39, 0.29) is 11.9 Å². The first-order valence-electron chi connectivity index (χ1n) is 13.5. The van der Waals surface area contributed by atoms with Crippen molar-refractivity contribution >= 4 is 0 Å². The van der Waals surface area contributed by atoms with E-state index >= 15 is 0 Å². The van der Waals surface area contributed by atoms with Crippen molar-refractivity contribution in [1.29, 1.82) is 0 Å². The van der Waals surface area contributed by atoms with Crippen LogP contribution in [-0.2, 0) is 9.47 Å². The Labute approximate surface area is 189 Å². The van der Waals surface area contributed by atoms with E-state index < -0.39 is 0 Å². The molecule has 4 aliphatic carbocycles. The Balaban J connectivity index is 1.29. The van der Waals surface area contributed by atoms with E-state index in [1.807, 2.05) is 0 Å². The van der Waals surface area contributed by atoms with Gasteiger partial charge < -0.3 is 14.6 Å². The summed E-state index contributed by atoms with van der Waals surface area (Å²) in [7, 11) is 0. The molecule has 1 spiro atoms. The van der Waals surface area contributed by atoms with Gasteiger partial charge in [-0.15, -0.1) is 0 Å². The summed E-state index contributed by atoms with van der Waals surface area (Å²) in [5.41, 5.74) is 2.32. The summed E-state index contributed by atoms with van der Waals surface area (Å²) < 4.78 is 13.4. The van der Waals surface area contributed by atoms with Gasteiger partial charge in [0.1, 0.15) is 0 Å². The average molecular weight is 429 g/mol. The van der Waals surface area contributed by atoms with E-state index in [2.05, 4.69) is 33.8 Å². The second kappa shape index (κ2) is 7.06. The number of hydrogen-bond acceptors (Lipinski definition) is 3. The van der Waals surface area contributed by atoms with Crippen molar-refractivity contribution in [2.24, 2.45) is 46.3 Å². The molecule has 3 heteroatoms. The van der Waals surface area contributed by atoms with Crippen molar-refractivity contribution in [2.45, 2.75) is 110 Å². The van der Waals surface area contributed by atoms with Gasteiger partial charge in [-0.2, -0.15) is 0 Å². The Kier molecular flexibility index (Phi) is 4.82. The summed E-state index contributed by atoms with van der Waals surface area (Å²) in [6.45, 7) is 10.8. The third-order valence-electron chi connectivity index (χ3n) is 11.6. The van der Waals surface area contributed by atoms with Crippen LogP contribution < -0.4 is 0 Å². The molecule has 6 rings (SSSR count). The fourth-order valence-corrected chi connectivity index (χ4v) is 9.96. The molecule has 0 unspecified atom stereocenters. The molecule has 0 aromatic rings. The SMILES string of the molecule is C[C@H]1CC[C@@]2(OC1)O[C@H]1CC[C@H]3[C@@H]4CCC5=C[C@@H](O)CC[C@]5(C)[C@H]4CC[C@]3(C)[C@H]1[C@@H]2C. The molecule has 6 aliphatic rings. The predicted molar refractivity (Wildman–Crippen MR) is 122 cm³/mol. The summed E-state index contributed by atoms with van der Waals surface area (Å²) in [6, 6.07) is 0. The molecule has 0 bridgehead atoms. The van der Waals surface area contributed by atoms with Gasteiger partial charge in [-0.05, 0) is 98.2 Å². The number of rotatable bonds is 0. The van der Waals surface area contributed by atoms with Gasteiger partial charge in [-0.25, -0.2) is 0 Å². The Morgan fingerprint density at radius 2 is 1.77 bits per heavy atom. The molecule has 0 aromatic carbocycles. The number of ether oxygens (including phenoxy) is 2. The largest absolute Gasteiger partial charge is 0.389 e. The maximum Gasteiger partial charge on any atom is 0.171 e. The van der Waals surface area contributed by atoms with Gasteiger partial charge in [0.05, 0.1) is 18.8 Å². The van der Waals surface area contributed by atoms with E-state index in [0.29, 0.717) is 34.7 Å². The van der Waals surface area contributed by atoms with Crippen LogP contribution >= 0.6 is 0 Å². The first-order valence-corrected chi connectivity index (χ1v) is 13.5. The summed E-state index contributed by atoms with van der Waals surface area (Å²) >= 11 is 0. The Morgan fingerprint density at radius 3 is 2.55 bits per heavy atom. The van der Waals surface area contributed by atoms with Crippen LogP contribution in [0.25, 0.3) is 0 Å². The Morgan fingerprint density at radius 1 is 0.935 bits per heavy atom. The molecule has 2 saturated heterocycles. The average Bonchev–Trinajstić information content (AvgIpc) is 3.03. The summed E-state index contributed by atoms with van der Waals surface area (Å²) in [4.78, 5) is 0. The minimum Gasteiger partial charge on any atom is -0.389 e. The summed E-state index contributed by atoms with van der Waals surface area (Å²) in [6.07, 6.45) is 14.8. The van der Waals surface area contributed by atoms with Crippen molar-refractivity contribution in [1.82, 2.24) is 0 Å². The molecule has 11 atom stereocenters. The summed E-state index contributed by atoms with van der Waals surface area (Å²) in [5.74, 6) is 4.03. The quantitative estimate of drug-likeness (QED) is 0.374.